The monoisotopic (exact) mass is 328 g/mol. The predicted molar refractivity (Wildman–Crippen MR) is 99.7 cm³/mol. The first-order valence-corrected chi connectivity index (χ1v) is 8.31. The quantitative estimate of drug-likeness (QED) is 0.582. The van der Waals surface area contributed by atoms with Gasteiger partial charge in [-0.15, -0.1) is 0 Å². The molecule has 0 saturated heterocycles. The minimum atomic E-state index is 0.0720. The predicted octanol–water partition coefficient (Wildman–Crippen LogP) is 6.41. The molecule has 0 amide bonds. The van der Waals surface area contributed by atoms with Crippen molar-refractivity contribution in [1.82, 2.24) is 0 Å². The SMILES string of the molecule is CC(C)(C)c1cc(-c2ccc(C=O)c(Cl)c2)cc(C(C)(C)C)c1. The van der Waals surface area contributed by atoms with Gasteiger partial charge in [0, 0.05) is 5.56 Å². The molecule has 0 saturated carbocycles. The number of aldehydes is 1. The van der Waals surface area contributed by atoms with Crippen molar-refractivity contribution < 1.29 is 4.79 Å². The van der Waals surface area contributed by atoms with Crippen molar-refractivity contribution in [3.05, 3.63) is 58.1 Å². The largest absolute Gasteiger partial charge is 0.298 e. The van der Waals surface area contributed by atoms with Crippen molar-refractivity contribution in [3.63, 3.8) is 0 Å². The number of benzene rings is 2. The topological polar surface area (TPSA) is 17.1 Å². The average Bonchev–Trinajstić information content (AvgIpc) is 2.45. The third-order valence-electron chi connectivity index (χ3n) is 4.13. The Morgan fingerprint density at radius 2 is 1.30 bits per heavy atom. The highest BCUT2D eigenvalue weighted by atomic mass is 35.5. The molecule has 0 bridgehead atoms. The number of hydrogen-bond acceptors (Lipinski definition) is 1. The molecule has 0 heterocycles. The van der Waals surface area contributed by atoms with Crippen LogP contribution in [0.5, 0.6) is 0 Å². The standard InChI is InChI=1S/C21H25ClO/c1-20(2,3)17-9-16(10-18(12-17)21(4,5)6)14-7-8-15(13-23)19(22)11-14/h7-13H,1-6H3. The molecule has 0 aliphatic rings. The smallest absolute Gasteiger partial charge is 0.151 e. The summed E-state index contributed by atoms with van der Waals surface area (Å²) in [7, 11) is 0. The van der Waals surface area contributed by atoms with Crippen LogP contribution in [-0.2, 0) is 10.8 Å². The van der Waals surface area contributed by atoms with Crippen LogP contribution in [0.1, 0.15) is 63.0 Å². The minimum Gasteiger partial charge on any atom is -0.298 e. The molecule has 0 unspecified atom stereocenters. The molecule has 2 rings (SSSR count). The summed E-state index contributed by atoms with van der Waals surface area (Å²) in [6, 6.07) is 12.4. The molecule has 2 aromatic rings. The van der Waals surface area contributed by atoms with Gasteiger partial charge in [0.05, 0.1) is 5.02 Å². The maximum absolute atomic E-state index is 11.0. The fourth-order valence-electron chi connectivity index (χ4n) is 2.46. The number of carbonyl (C=O) groups excluding carboxylic acids is 1. The molecule has 0 radical (unpaired) electrons. The molecule has 0 aliphatic heterocycles. The molecule has 122 valence electrons. The summed E-state index contributed by atoms with van der Waals surface area (Å²) in [4.78, 5) is 11.0. The average molecular weight is 329 g/mol. The van der Waals surface area contributed by atoms with Crippen molar-refractivity contribution in [1.29, 1.82) is 0 Å². The van der Waals surface area contributed by atoms with E-state index in [0.29, 0.717) is 10.6 Å². The lowest BCUT2D eigenvalue weighted by atomic mass is 9.79. The van der Waals surface area contributed by atoms with E-state index in [1.165, 1.54) is 11.1 Å². The van der Waals surface area contributed by atoms with E-state index in [9.17, 15) is 4.79 Å². The zero-order valence-electron chi connectivity index (χ0n) is 14.8. The summed E-state index contributed by atoms with van der Waals surface area (Å²) in [6.07, 6.45) is 0.790. The van der Waals surface area contributed by atoms with Crippen LogP contribution in [0.4, 0.5) is 0 Å². The summed E-state index contributed by atoms with van der Waals surface area (Å²) >= 11 is 6.21. The van der Waals surface area contributed by atoms with Gasteiger partial charge in [-0.25, -0.2) is 0 Å². The van der Waals surface area contributed by atoms with E-state index in [2.05, 4.69) is 59.7 Å². The van der Waals surface area contributed by atoms with Crippen LogP contribution >= 0.6 is 11.6 Å². The summed E-state index contributed by atoms with van der Waals surface area (Å²) in [6.45, 7) is 13.3. The van der Waals surface area contributed by atoms with Crippen LogP contribution in [-0.4, -0.2) is 6.29 Å². The van der Waals surface area contributed by atoms with E-state index in [1.54, 1.807) is 6.07 Å². The van der Waals surface area contributed by atoms with Gasteiger partial charge in [0.15, 0.2) is 6.29 Å². The molecule has 0 aliphatic carbocycles. The Hall–Kier alpha value is -1.60. The van der Waals surface area contributed by atoms with Crippen LogP contribution in [0, 0.1) is 0 Å². The summed E-state index contributed by atoms with van der Waals surface area (Å²) < 4.78 is 0. The van der Waals surface area contributed by atoms with Crippen molar-refractivity contribution in [3.8, 4) is 11.1 Å². The van der Waals surface area contributed by atoms with Gasteiger partial charge >= 0.3 is 0 Å². The fourth-order valence-corrected chi connectivity index (χ4v) is 2.69. The molecule has 0 spiro atoms. The fraction of sp³-hybridized carbons (Fsp3) is 0.381. The Balaban J connectivity index is 2.66. The first-order chi connectivity index (χ1) is 10.5. The van der Waals surface area contributed by atoms with Gasteiger partial charge in [-0.1, -0.05) is 77.4 Å². The molecular formula is C21H25ClO. The second-order valence-electron chi connectivity index (χ2n) is 8.15. The third kappa shape index (κ3) is 4.03. The first-order valence-electron chi connectivity index (χ1n) is 7.93. The summed E-state index contributed by atoms with van der Waals surface area (Å²) in [5.74, 6) is 0. The third-order valence-corrected chi connectivity index (χ3v) is 4.45. The Labute approximate surface area is 144 Å². The van der Waals surface area contributed by atoms with Crippen LogP contribution in [0.25, 0.3) is 11.1 Å². The molecule has 2 heteroatoms. The van der Waals surface area contributed by atoms with Crippen molar-refractivity contribution >= 4 is 17.9 Å². The molecule has 2 aromatic carbocycles. The summed E-state index contributed by atoms with van der Waals surface area (Å²) in [5, 5.41) is 0.496. The second kappa shape index (κ2) is 6.13. The molecule has 0 aromatic heterocycles. The van der Waals surface area contributed by atoms with E-state index in [0.717, 1.165) is 17.4 Å². The van der Waals surface area contributed by atoms with E-state index >= 15 is 0 Å². The zero-order chi connectivity index (χ0) is 17.4. The van der Waals surface area contributed by atoms with Gasteiger partial charge in [0.1, 0.15) is 0 Å². The van der Waals surface area contributed by atoms with E-state index < -0.39 is 0 Å². The molecule has 23 heavy (non-hydrogen) atoms. The minimum absolute atomic E-state index is 0.0720. The van der Waals surface area contributed by atoms with Gasteiger partial charge in [-0.2, -0.15) is 0 Å². The van der Waals surface area contributed by atoms with Crippen LogP contribution in [0.15, 0.2) is 36.4 Å². The Morgan fingerprint density at radius 1 is 0.783 bits per heavy atom. The number of halogens is 1. The maximum Gasteiger partial charge on any atom is 0.151 e. The highest BCUT2D eigenvalue weighted by Crippen LogP contribution is 2.34. The van der Waals surface area contributed by atoms with E-state index in [-0.39, 0.29) is 10.8 Å². The van der Waals surface area contributed by atoms with E-state index in [1.807, 2.05) is 12.1 Å². The van der Waals surface area contributed by atoms with Crippen LogP contribution in [0.2, 0.25) is 5.02 Å². The van der Waals surface area contributed by atoms with E-state index in [4.69, 9.17) is 11.6 Å². The van der Waals surface area contributed by atoms with Crippen molar-refractivity contribution in [2.24, 2.45) is 0 Å². The molecule has 1 nitrogen and oxygen atoms in total. The first kappa shape index (κ1) is 17.7. The highest BCUT2D eigenvalue weighted by Gasteiger charge is 2.21. The van der Waals surface area contributed by atoms with Gasteiger partial charge in [-0.3, -0.25) is 4.79 Å². The second-order valence-corrected chi connectivity index (χ2v) is 8.56. The normalized spacial score (nSPS) is 12.3. The van der Waals surface area contributed by atoms with Crippen LogP contribution < -0.4 is 0 Å². The Morgan fingerprint density at radius 3 is 1.70 bits per heavy atom. The Kier molecular flexibility index (Phi) is 4.73. The summed E-state index contributed by atoms with van der Waals surface area (Å²) in [5.41, 5.74) is 5.45. The van der Waals surface area contributed by atoms with Crippen molar-refractivity contribution in [2.75, 3.05) is 0 Å². The number of hydrogen-bond donors (Lipinski definition) is 0. The maximum atomic E-state index is 11.0. The van der Waals surface area contributed by atoms with Gasteiger partial charge in [0.25, 0.3) is 0 Å². The Bertz CT molecular complexity index is 698. The number of carbonyl (C=O) groups is 1. The highest BCUT2D eigenvalue weighted by molar-refractivity contribution is 6.33. The number of rotatable bonds is 2. The van der Waals surface area contributed by atoms with Gasteiger partial charge in [0.2, 0.25) is 0 Å². The van der Waals surface area contributed by atoms with Gasteiger partial charge in [-0.05, 0) is 45.2 Å². The lowest BCUT2D eigenvalue weighted by Gasteiger charge is -2.26. The molecule has 0 N–H and O–H groups in total. The zero-order valence-corrected chi connectivity index (χ0v) is 15.6. The lowest BCUT2D eigenvalue weighted by molar-refractivity contribution is 0.112. The molecule has 0 fully saturated rings. The van der Waals surface area contributed by atoms with Crippen molar-refractivity contribution in [2.45, 2.75) is 52.4 Å². The van der Waals surface area contributed by atoms with Crippen LogP contribution in [0.3, 0.4) is 0 Å². The molecule has 0 atom stereocenters. The van der Waals surface area contributed by atoms with Gasteiger partial charge < -0.3 is 0 Å². The lowest BCUT2D eigenvalue weighted by Crippen LogP contribution is -2.16. The molecular weight excluding hydrogens is 304 g/mol.